The summed E-state index contributed by atoms with van der Waals surface area (Å²) >= 11 is 0. The van der Waals surface area contributed by atoms with Gasteiger partial charge in [0.25, 0.3) is 5.91 Å². The van der Waals surface area contributed by atoms with Gasteiger partial charge in [0.1, 0.15) is 18.0 Å². The molecule has 1 aromatic heterocycles. The number of nitrogens with zero attached hydrogens (tertiary/aromatic N) is 2. The van der Waals surface area contributed by atoms with E-state index in [9.17, 15) is 4.79 Å². The van der Waals surface area contributed by atoms with Crippen LogP contribution < -0.4 is 15.4 Å². The first-order valence-corrected chi connectivity index (χ1v) is 5.51. The first-order valence-electron chi connectivity index (χ1n) is 5.51. The number of para-hydroxylation sites is 2. The van der Waals surface area contributed by atoms with Gasteiger partial charge in [-0.3, -0.25) is 9.69 Å². The fourth-order valence-corrected chi connectivity index (χ4v) is 1.91. The zero-order valence-corrected chi connectivity index (χ0v) is 9.50. The molecule has 1 amide bonds. The molecule has 92 valence electrons. The normalized spacial score (nSPS) is 13.9. The number of amides is 1. The molecule has 3 rings (SSSR count). The van der Waals surface area contributed by atoms with Gasteiger partial charge in [-0.05, 0) is 12.1 Å². The average Bonchev–Trinajstić information content (AvgIpc) is 2.83. The van der Waals surface area contributed by atoms with Gasteiger partial charge in [-0.15, -0.1) is 0 Å². The van der Waals surface area contributed by atoms with E-state index in [-0.39, 0.29) is 17.4 Å². The number of anilines is 2. The van der Waals surface area contributed by atoms with Crippen LogP contribution in [0.1, 0.15) is 10.6 Å². The minimum Gasteiger partial charge on any atom is -0.490 e. The van der Waals surface area contributed by atoms with Crippen molar-refractivity contribution in [1.29, 1.82) is 0 Å². The number of fused-ring (bicyclic) bond motifs is 1. The Balaban J connectivity index is 2.00. The van der Waals surface area contributed by atoms with Crippen LogP contribution in [0.4, 0.5) is 11.4 Å². The van der Waals surface area contributed by atoms with Gasteiger partial charge in [0, 0.05) is 0 Å². The molecule has 1 aliphatic heterocycles. The highest BCUT2D eigenvalue weighted by molar-refractivity contribution is 6.08. The standard InChI is InChI=1S/C12H11N3O3/c13-8-7-14-18-11(8)12(16)15-5-6-17-10-4-2-1-3-9(10)15/h1-4,7H,5-6,13H2. The number of benzene rings is 1. The number of nitrogens with two attached hydrogens (primary N) is 1. The fourth-order valence-electron chi connectivity index (χ4n) is 1.91. The van der Waals surface area contributed by atoms with Crippen LogP contribution in [0, 0.1) is 0 Å². The monoisotopic (exact) mass is 245 g/mol. The number of carbonyl (C=O) groups excluding carboxylic acids is 1. The summed E-state index contributed by atoms with van der Waals surface area (Å²) in [7, 11) is 0. The zero-order valence-electron chi connectivity index (χ0n) is 9.50. The highest BCUT2D eigenvalue weighted by Gasteiger charge is 2.28. The Bertz CT molecular complexity index is 594. The smallest absolute Gasteiger partial charge is 0.299 e. The van der Waals surface area contributed by atoms with E-state index in [1.54, 1.807) is 4.90 Å². The van der Waals surface area contributed by atoms with Crippen molar-refractivity contribution in [1.82, 2.24) is 5.16 Å². The van der Waals surface area contributed by atoms with E-state index in [1.165, 1.54) is 6.20 Å². The first-order chi connectivity index (χ1) is 8.77. The van der Waals surface area contributed by atoms with Crippen LogP contribution in [0.15, 0.2) is 35.0 Å². The maximum absolute atomic E-state index is 12.3. The predicted molar refractivity (Wildman–Crippen MR) is 64.5 cm³/mol. The number of hydrogen-bond acceptors (Lipinski definition) is 5. The van der Waals surface area contributed by atoms with E-state index >= 15 is 0 Å². The van der Waals surface area contributed by atoms with Gasteiger partial charge >= 0.3 is 0 Å². The van der Waals surface area contributed by atoms with Crippen LogP contribution in [-0.4, -0.2) is 24.2 Å². The molecule has 18 heavy (non-hydrogen) atoms. The van der Waals surface area contributed by atoms with Gasteiger partial charge < -0.3 is 15.0 Å². The summed E-state index contributed by atoms with van der Waals surface area (Å²) < 4.78 is 10.4. The van der Waals surface area contributed by atoms with Crippen molar-refractivity contribution in [3.8, 4) is 5.75 Å². The van der Waals surface area contributed by atoms with Gasteiger partial charge in [0.05, 0.1) is 18.4 Å². The third-order valence-corrected chi connectivity index (χ3v) is 2.77. The van der Waals surface area contributed by atoms with Gasteiger partial charge in [0.15, 0.2) is 0 Å². The highest BCUT2D eigenvalue weighted by atomic mass is 16.5. The summed E-state index contributed by atoms with van der Waals surface area (Å²) in [5, 5.41) is 3.51. The van der Waals surface area contributed by atoms with E-state index in [4.69, 9.17) is 15.0 Å². The molecule has 2 N–H and O–H groups in total. The molecule has 6 heteroatoms. The third-order valence-electron chi connectivity index (χ3n) is 2.77. The maximum Gasteiger partial charge on any atom is 0.299 e. The van der Waals surface area contributed by atoms with E-state index in [0.717, 1.165) is 0 Å². The Morgan fingerprint density at radius 2 is 2.22 bits per heavy atom. The number of rotatable bonds is 1. The largest absolute Gasteiger partial charge is 0.490 e. The van der Waals surface area contributed by atoms with Crippen LogP contribution in [0.25, 0.3) is 0 Å². The Hall–Kier alpha value is -2.50. The van der Waals surface area contributed by atoms with Crippen LogP contribution in [0.2, 0.25) is 0 Å². The second-order valence-corrected chi connectivity index (χ2v) is 3.88. The molecule has 0 bridgehead atoms. The van der Waals surface area contributed by atoms with E-state index in [1.807, 2.05) is 24.3 Å². The lowest BCUT2D eigenvalue weighted by Crippen LogP contribution is -2.38. The molecule has 0 aliphatic carbocycles. The third kappa shape index (κ3) is 1.58. The maximum atomic E-state index is 12.3. The molecule has 1 aliphatic rings. The van der Waals surface area contributed by atoms with Gasteiger partial charge in [-0.1, -0.05) is 17.3 Å². The zero-order chi connectivity index (χ0) is 12.5. The van der Waals surface area contributed by atoms with Crippen molar-refractivity contribution >= 4 is 17.3 Å². The topological polar surface area (TPSA) is 81.6 Å². The molecule has 0 radical (unpaired) electrons. The lowest BCUT2D eigenvalue weighted by Gasteiger charge is -2.28. The molecule has 0 spiro atoms. The Morgan fingerprint density at radius 1 is 1.39 bits per heavy atom. The summed E-state index contributed by atoms with van der Waals surface area (Å²) in [5.74, 6) is 0.433. The quantitative estimate of drug-likeness (QED) is 0.818. The average molecular weight is 245 g/mol. The van der Waals surface area contributed by atoms with Crippen LogP contribution in [-0.2, 0) is 0 Å². The van der Waals surface area contributed by atoms with Crippen LogP contribution >= 0.6 is 0 Å². The fraction of sp³-hybridized carbons (Fsp3) is 0.167. The van der Waals surface area contributed by atoms with Crippen molar-refractivity contribution < 1.29 is 14.1 Å². The summed E-state index contributed by atoms with van der Waals surface area (Å²) in [6, 6.07) is 7.34. The molecular formula is C12H11N3O3. The van der Waals surface area contributed by atoms with Crippen molar-refractivity contribution in [2.24, 2.45) is 0 Å². The van der Waals surface area contributed by atoms with E-state index in [2.05, 4.69) is 5.16 Å². The van der Waals surface area contributed by atoms with Gasteiger partial charge in [-0.2, -0.15) is 0 Å². The van der Waals surface area contributed by atoms with E-state index < -0.39 is 0 Å². The molecule has 1 aromatic carbocycles. The van der Waals surface area contributed by atoms with Crippen LogP contribution in [0.3, 0.4) is 0 Å². The molecule has 0 fully saturated rings. The van der Waals surface area contributed by atoms with Gasteiger partial charge in [0.2, 0.25) is 5.76 Å². The summed E-state index contributed by atoms with van der Waals surface area (Å²) in [4.78, 5) is 13.9. The molecule has 0 saturated heterocycles. The number of aromatic nitrogens is 1. The molecule has 0 saturated carbocycles. The molecule has 0 atom stereocenters. The lowest BCUT2D eigenvalue weighted by molar-refractivity contribution is 0.0942. The van der Waals surface area contributed by atoms with Gasteiger partial charge in [-0.25, -0.2) is 0 Å². The lowest BCUT2D eigenvalue weighted by atomic mass is 10.2. The molecule has 2 heterocycles. The first kappa shape index (κ1) is 10.6. The highest BCUT2D eigenvalue weighted by Crippen LogP contribution is 2.32. The second-order valence-electron chi connectivity index (χ2n) is 3.88. The SMILES string of the molecule is Nc1cnoc1C(=O)N1CCOc2ccccc21. The number of nitrogen functional groups attached to an aromatic ring is 1. The Morgan fingerprint density at radius 3 is 3.00 bits per heavy atom. The van der Waals surface area contributed by atoms with Crippen molar-refractivity contribution in [3.05, 3.63) is 36.2 Å². The minimum absolute atomic E-state index is 0.0618. The second kappa shape index (κ2) is 4.06. The molecule has 0 unspecified atom stereocenters. The number of ether oxygens (including phenoxy) is 1. The van der Waals surface area contributed by atoms with E-state index in [0.29, 0.717) is 24.6 Å². The van der Waals surface area contributed by atoms with Crippen molar-refractivity contribution in [3.63, 3.8) is 0 Å². The summed E-state index contributed by atoms with van der Waals surface area (Å²) in [6.45, 7) is 0.896. The molecule has 6 nitrogen and oxygen atoms in total. The van der Waals surface area contributed by atoms with Crippen molar-refractivity contribution in [2.45, 2.75) is 0 Å². The Labute approximate surface area is 103 Å². The molecule has 2 aromatic rings. The summed E-state index contributed by atoms with van der Waals surface area (Å²) in [6.07, 6.45) is 1.32. The Kier molecular flexibility index (Phi) is 2.40. The molecular weight excluding hydrogens is 234 g/mol. The van der Waals surface area contributed by atoms with Crippen molar-refractivity contribution in [2.75, 3.05) is 23.8 Å². The number of carbonyl (C=O) groups is 1. The summed E-state index contributed by atoms with van der Waals surface area (Å²) in [5.41, 5.74) is 6.59. The number of hydrogen-bond donors (Lipinski definition) is 1. The van der Waals surface area contributed by atoms with Crippen LogP contribution in [0.5, 0.6) is 5.75 Å². The minimum atomic E-state index is -0.305. The predicted octanol–water partition coefficient (Wildman–Crippen LogP) is 1.30.